The Morgan fingerprint density at radius 3 is 2.81 bits per heavy atom. The second kappa shape index (κ2) is 4.77. The molecule has 0 saturated heterocycles. The van der Waals surface area contributed by atoms with Crippen LogP contribution < -0.4 is 0 Å². The van der Waals surface area contributed by atoms with E-state index in [9.17, 15) is 4.79 Å². The maximum atomic E-state index is 12.6. The number of hydrogen-bond donors (Lipinski definition) is 0. The van der Waals surface area contributed by atoms with Crippen LogP contribution in [0, 0.1) is 0 Å². The van der Waals surface area contributed by atoms with Crippen LogP contribution in [-0.4, -0.2) is 15.8 Å². The second-order valence-corrected chi connectivity index (χ2v) is 5.46. The molecule has 0 spiro atoms. The van der Waals surface area contributed by atoms with Gasteiger partial charge in [-0.15, -0.1) is 0 Å². The number of hydrogen-bond acceptors (Lipinski definition) is 3. The van der Waals surface area contributed by atoms with E-state index in [2.05, 4.69) is 28.2 Å². The molecule has 1 aliphatic rings. The molecule has 0 amide bonds. The van der Waals surface area contributed by atoms with Gasteiger partial charge in [0.2, 0.25) is 0 Å². The smallest absolute Gasteiger partial charge is 0.165 e. The molecular formula is C18H14N2O. The number of ketones is 1. The maximum absolute atomic E-state index is 12.6. The van der Waals surface area contributed by atoms with Gasteiger partial charge in [0.05, 0.1) is 11.0 Å². The molecular weight excluding hydrogens is 260 g/mol. The van der Waals surface area contributed by atoms with Gasteiger partial charge in [-0.05, 0) is 35.6 Å². The summed E-state index contributed by atoms with van der Waals surface area (Å²) in [5, 5.41) is 0. The summed E-state index contributed by atoms with van der Waals surface area (Å²) in [5.74, 6) is 0.501. The standard InChI is InChI=1S/C18H14N2O/c21-17(11-13-10-12-4-1-2-5-14(12)13)15-6-3-7-16-18(15)20-9-8-19-16/h1-9,13H,10-11H2. The molecule has 1 aromatic heterocycles. The highest BCUT2D eigenvalue weighted by molar-refractivity contribution is 6.06. The van der Waals surface area contributed by atoms with Crippen LogP contribution in [0.3, 0.4) is 0 Å². The summed E-state index contributed by atoms with van der Waals surface area (Å²) >= 11 is 0. The average Bonchev–Trinajstić information content (AvgIpc) is 2.52. The third kappa shape index (κ3) is 2.02. The van der Waals surface area contributed by atoms with Crippen molar-refractivity contribution in [3.63, 3.8) is 0 Å². The number of carbonyl (C=O) groups is 1. The normalized spacial score (nSPS) is 16.3. The van der Waals surface area contributed by atoms with Gasteiger partial charge in [-0.25, -0.2) is 0 Å². The van der Waals surface area contributed by atoms with Crippen molar-refractivity contribution < 1.29 is 4.79 Å². The predicted octanol–water partition coefficient (Wildman–Crippen LogP) is 3.54. The van der Waals surface area contributed by atoms with Crippen molar-refractivity contribution in [2.75, 3.05) is 0 Å². The molecule has 1 aliphatic carbocycles. The number of para-hydroxylation sites is 1. The quantitative estimate of drug-likeness (QED) is 0.686. The Hall–Kier alpha value is -2.55. The molecule has 3 heteroatoms. The van der Waals surface area contributed by atoms with E-state index in [4.69, 9.17) is 0 Å². The highest BCUT2D eigenvalue weighted by Gasteiger charge is 2.28. The van der Waals surface area contributed by atoms with Gasteiger partial charge in [-0.1, -0.05) is 30.3 Å². The average molecular weight is 274 g/mol. The molecule has 1 unspecified atom stereocenters. The van der Waals surface area contributed by atoms with Crippen molar-refractivity contribution in [1.29, 1.82) is 0 Å². The van der Waals surface area contributed by atoms with E-state index in [0.29, 0.717) is 23.4 Å². The molecule has 2 aromatic carbocycles. The van der Waals surface area contributed by atoms with Gasteiger partial charge in [-0.2, -0.15) is 0 Å². The zero-order valence-electron chi connectivity index (χ0n) is 11.5. The molecule has 0 fully saturated rings. The van der Waals surface area contributed by atoms with E-state index in [-0.39, 0.29) is 5.78 Å². The first-order chi connectivity index (χ1) is 10.3. The van der Waals surface area contributed by atoms with E-state index in [0.717, 1.165) is 11.9 Å². The lowest BCUT2D eigenvalue weighted by Gasteiger charge is -2.29. The molecule has 4 rings (SSSR count). The van der Waals surface area contributed by atoms with Gasteiger partial charge in [0.15, 0.2) is 5.78 Å². The number of rotatable bonds is 3. The minimum absolute atomic E-state index is 0.153. The summed E-state index contributed by atoms with van der Waals surface area (Å²) in [6, 6.07) is 14.0. The Morgan fingerprint density at radius 1 is 1.05 bits per heavy atom. The molecule has 21 heavy (non-hydrogen) atoms. The van der Waals surface area contributed by atoms with Crippen molar-refractivity contribution in [3.05, 3.63) is 71.5 Å². The van der Waals surface area contributed by atoms with E-state index in [1.54, 1.807) is 12.4 Å². The first-order valence-corrected chi connectivity index (χ1v) is 7.13. The van der Waals surface area contributed by atoms with Crippen LogP contribution in [0.1, 0.15) is 33.8 Å². The summed E-state index contributed by atoms with van der Waals surface area (Å²) in [7, 11) is 0. The second-order valence-electron chi connectivity index (χ2n) is 5.46. The predicted molar refractivity (Wildman–Crippen MR) is 81.4 cm³/mol. The SMILES string of the molecule is O=C(CC1Cc2ccccc21)c1cccc2nccnc12. The van der Waals surface area contributed by atoms with Gasteiger partial charge in [0.1, 0.15) is 0 Å². The van der Waals surface area contributed by atoms with Crippen molar-refractivity contribution in [2.45, 2.75) is 18.8 Å². The summed E-state index contributed by atoms with van der Waals surface area (Å²) in [5.41, 5.74) is 4.85. The molecule has 0 radical (unpaired) electrons. The van der Waals surface area contributed by atoms with Crippen LogP contribution in [0.4, 0.5) is 0 Å². The fraction of sp³-hybridized carbons (Fsp3) is 0.167. The van der Waals surface area contributed by atoms with Crippen LogP contribution in [0.15, 0.2) is 54.9 Å². The van der Waals surface area contributed by atoms with Crippen molar-refractivity contribution in [3.8, 4) is 0 Å². The Morgan fingerprint density at radius 2 is 1.90 bits per heavy atom. The molecule has 1 atom stereocenters. The van der Waals surface area contributed by atoms with Crippen molar-refractivity contribution >= 4 is 16.8 Å². The lowest BCUT2D eigenvalue weighted by molar-refractivity contribution is 0.0972. The van der Waals surface area contributed by atoms with Gasteiger partial charge in [0, 0.05) is 24.4 Å². The number of nitrogens with zero attached hydrogens (tertiary/aromatic N) is 2. The number of aromatic nitrogens is 2. The first-order valence-electron chi connectivity index (χ1n) is 7.13. The minimum atomic E-state index is 0.153. The lowest BCUT2D eigenvalue weighted by Crippen LogP contribution is -2.20. The van der Waals surface area contributed by atoms with Crippen LogP contribution in [0.2, 0.25) is 0 Å². The zero-order valence-corrected chi connectivity index (χ0v) is 11.5. The largest absolute Gasteiger partial charge is 0.294 e. The van der Waals surface area contributed by atoms with Gasteiger partial charge >= 0.3 is 0 Å². The molecule has 102 valence electrons. The van der Waals surface area contributed by atoms with Crippen LogP contribution in [-0.2, 0) is 6.42 Å². The fourth-order valence-corrected chi connectivity index (χ4v) is 3.10. The molecule has 3 nitrogen and oxygen atoms in total. The number of benzene rings is 2. The Bertz CT molecular complexity index is 836. The number of carbonyl (C=O) groups excluding carboxylic acids is 1. The Labute approximate surface area is 122 Å². The monoisotopic (exact) mass is 274 g/mol. The third-order valence-electron chi connectivity index (χ3n) is 4.19. The molecule has 0 aliphatic heterocycles. The number of fused-ring (bicyclic) bond motifs is 2. The summed E-state index contributed by atoms with van der Waals surface area (Å²) in [6.07, 6.45) is 4.83. The Balaban J connectivity index is 1.64. The zero-order chi connectivity index (χ0) is 14.2. The fourth-order valence-electron chi connectivity index (χ4n) is 3.10. The van der Waals surface area contributed by atoms with Gasteiger partial charge < -0.3 is 0 Å². The lowest BCUT2D eigenvalue weighted by atomic mass is 9.74. The number of Topliss-reactive ketones (excluding diaryl/α,β-unsaturated/α-hetero) is 1. The van der Waals surface area contributed by atoms with E-state index in [1.165, 1.54) is 11.1 Å². The Kier molecular flexibility index (Phi) is 2.78. The minimum Gasteiger partial charge on any atom is -0.294 e. The maximum Gasteiger partial charge on any atom is 0.165 e. The molecule has 0 bridgehead atoms. The van der Waals surface area contributed by atoms with Crippen molar-refractivity contribution in [2.24, 2.45) is 0 Å². The first kappa shape index (κ1) is 12.2. The van der Waals surface area contributed by atoms with Crippen LogP contribution in [0.25, 0.3) is 11.0 Å². The van der Waals surface area contributed by atoms with Gasteiger partial charge in [0.25, 0.3) is 0 Å². The highest BCUT2D eigenvalue weighted by atomic mass is 16.1. The molecule has 0 N–H and O–H groups in total. The van der Waals surface area contributed by atoms with E-state index < -0.39 is 0 Å². The van der Waals surface area contributed by atoms with Crippen LogP contribution in [0.5, 0.6) is 0 Å². The third-order valence-corrected chi connectivity index (χ3v) is 4.19. The molecule has 3 aromatic rings. The molecule has 1 heterocycles. The highest BCUT2D eigenvalue weighted by Crippen LogP contribution is 2.38. The summed E-state index contributed by atoms with van der Waals surface area (Å²) in [6.45, 7) is 0. The van der Waals surface area contributed by atoms with Crippen molar-refractivity contribution in [1.82, 2.24) is 9.97 Å². The molecule has 0 saturated carbocycles. The van der Waals surface area contributed by atoms with E-state index in [1.807, 2.05) is 24.3 Å². The van der Waals surface area contributed by atoms with Crippen LogP contribution >= 0.6 is 0 Å². The van der Waals surface area contributed by atoms with E-state index >= 15 is 0 Å². The van der Waals surface area contributed by atoms with Gasteiger partial charge in [-0.3, -0.25) is 14.8 Å². The summed E-state index contributed by atoms with van der Waals surface area (Å²) < 4.78 is 0. The topological polar surface area (TPSA) is 42.9 Å². The summed E-state index contributed by atoms with van der Waals surface area (Å²) in [4.78, 5) is 21.2.